The molecule has 2 heterocycles. The molecule has 7 heteroatoms. The first-order valence-corrected chi connectivity index (χ1v) is 4.48. The highest BCUT2D eigenvalue weighted by Gasteiger charge is 2.13. The first-order valence-electron chi connectivity index (χ1n) is 3.85. The van der Waals surface area contributed by atoms with Crippen molar-refractivity contribution in [3.63, 3.8) is 0 Å². The molecule has 0 amide bonds. The summed E-state index contributed by atoms with van der Waals surface area (Å²) < 4.78 is 20.6. The molecule has 0 aliphatic carbocycles. The van der Waals surface area contributed by atoms with Crippen molar-refractivity contribution < 1.29 is 5.76 Å². The lowest BCUT2D eigenvalue weighted by Gasteiger charge is -2.01. The molecule has 0 radical (unpaired) electrons. The Kier molecular flexibility index (Phi) is 2.12. The summed E-state index contributed by atoms with van der Waals surface area (Å²) in [4.78, 5) is 10.7. The SMILES string of the molecule is [2H]c1nc(Cl)c2c(Cl)nc(Cl)nc2c1F. The Morgan fingerprint density at radius 3 is 2.64 bits per heavy atom. The number of halogens is 4. The Bertz CT molecular complexity index is 555. The molecule has 2 aromatic rings. The van der Waals surface area contributed by atoms with Crippen molar-refractivity contribution in [1.29, 1.82) is 0 Å². The highest BCUT2D eigenvalue weighted by atomic mass is 35.5. The van der Waals surface area contributed by atoms with Crippen LogP contribution >= 0.6 is 34.8 Å². The van der Waals surface area contributed by atoms with Crippen LogP contribution in [0.2, 0.25) is 15.6 Å². The van der Waals surface area contributed by atoms with Gasteiger partial charge in [-0.2, -0.15) is 0 Å². The van der Waals surface area contributed by atoms with Gasteiger partial charge < -0.3 is 0 Å². The summed E-state index contributed by atoms with van der Waals surface area (Å²) in [6.45, 7) is 0. The molecule has 0 bridgehead atoms. The molecule has 3 nitrogen and oxygen atoms in total. The van der Waals surface area contributed by atoms with E-state index in [2.05, 4.69) is 15.0 Å². The van der Waals surface area contributed by atoms with Gasteiger partial charge in [-0.3, -0.25) is 0 Å². The van der Waals surface area contributed by atoms with Gasteiger partial charge in [0, 0.05) is 0 Å². The Morgan fingerprint density at radius 1 is 1.21 bits per heavy atom. The van der Waals surface area contributed by atoms with E-state index in [1.165, 1.54) is 0 Å². The molecule has 2 rings (SSSR count). The van der Waals surface area contributed by atoms with Gasteiger partial charge in [0.2, 0.25) is 5.28 Å². The lowest BCUT2D eigenvalue weighted by Crippen LogP contribution is -1.92. The predicted molar refractivity (Wildman–Crippen MR) is 52.3 cm³/mol. The molecule has 0 aliphatic heterocycles. The van der Waals surface area contributed by atoms with E-state index < -0.39 is 12.0 Å². The summed E-state index contributed by atoms with van der Waals surface area (Å²) in [7, 11) is 0. The average Bonchev–Trinajstić information content (AvgIpc) is 2.12. The number of hydrogen-bond acceptors (Lipinski definition) is 3. The van der Waals surface area contributed by atoms with Crippen LogP contribution in [0.15, 0.2) is 6.17 Å². The number of rotatable bonds is 0. The molecule has 0 saturated carbocycles. The van der Waals surface area contributed by atoms with E-state index in [-0.39, 0.29) is 26.5 Å². The summed E-state index contributed by atoms with van der Waals surface area (Å²) in [6, 6.07) is 0. The number of hydrogen-bond donors (Lipinski definition) is 0. The minimum atomic E-state index is -0.930. The van der Waals surface area contributed by atoms with Crippen LogP contribution in [0.4, 0.5) is 4.39 Å². The largest absolute Gasteiger partial charge is 0.241 e. The first kappa shape index (κ1) is 8.59. The van der Waals surface area contributed by atoms with Gasteiger partial charge in [0.1, 0.15) is 15.8 Å². The third kappa shape index (κ3) is 1.49. The fraction of sp³-hybridized carbons (Fsp3) is 0. The van der Waals surface area contributed by atoms with Crippen LogP contribution in [0.1, 0.15) is 1.37 Å². The van der Waals surface area contributed by atoms with Gasteiger partial charge in [0.25, 0.3) is 0 Å². The summed E-state index contributed by atoms with van der Waals surface area (Å²) >= 11 is 16.9. The van der Waals surface area contributed by atoms with E-state index in [4.69, 9.17) is 36.2 Å². The molecule has 0 aliphatic rings. The molecule has 0 unspecified atom stereocenters. The summed E-state index contributed by atoms with van der Waals surface area (Å²) in [5.74, 6) is -0.930. The molecule has 14 heavy (non-hydrogen) atoms. The second-order valence-corrected chi connectivity index (χ2v) is 3.39. The van der Waals surface area contributed by atoms with Gasteiger partial charge in [0.15, 0.2) is 5.82 Å². The highest BCUT2D eigenvalue weighted by Crippen LogP contribution is 2.28. The van der Waals surface area contributed by atoms with Gasteiger partial charge in [0.05, 0.1) is 12.9 Å². The topological polar surface area (TPSA) is 38.7 Å². The Labute approximate surface area is 94.3 Å². The smallest absolute Gasteiger partial charge is 0.224 e. The van der Waals surface area contributed by atoms with E-state index >= 15 is 0 Å². The zero-order valence-electron chi connectivity index (χ0n) is 7.35. The second kappa shape index (κ2) is 3.46. The Balaban J connectivity index is 3.02. The van der Waals surface area contributed by atoms with Crippen molar-refractivity contribution in [3.05, 3.63) is 27.6 Å². The summed E-state index contributed by atoms with van der Waals surface area (Å²) in [6.07, 6.45) is -0.613. The summed E-state index contributed by atoms with van der Waals surface area (Å²) in [5.41, 5.74) is -0.204. The van der Waals surface area contributed by atoms with Crippen LogP contribution in [0, 0.1) is 5.82 Å². The fourth-order valence-corrected chi connectivity index (χ4v) is 1.70. The van der Waals surface area contributed by atoms with Crippen molar-refractivity contribution in [1.82, 2.24) is 15.0 Å². The molecule has 72 valence electrons. The zero-order chi connectivity index (χ0) is 11.2. The minimum Gasteiger partial charge on any atom is -0.241 e. The number of fused-ring (bicyclic) bond motifs is 1. The highest BCUT2D eigenvalue weighted by molar-refractivity contribution is 6.41. The zero-order valence-corrected chi connectivity index (χ0v) is 8.62. The molecule has 0 atom stereocenters. The van der Waals surface area contributed by atoms with Crippen LogP contribution in [-0.4, -0.2) is 15.0 Å². The molecule has 0 N–H and O–H groups in total. The molecular weight excluding hydrogens is 251 g/mol. The monoisotopic (exact) mass is 252 g/mol. The maximum atomic E-state index is 13.4. The fourth-order valence-electron chi connectivity index (χ4n) is 0.956. The summed E-state index contributed by atoms with van der Waals surface area (Å²) in [5, 5.41) is -0.385. The van der Waals surface area contributed by atoms with Gasteiger partial charge in [-0.1, -0.05) is 23.2 Å². The van der Waals surface area contributed by atoms with Gasteiger partial charge in [-0.05, 0) is 11.6 Å². The van der Waals surface area contributed by atoms with Crippen LogP contribution in [-0.2, 0) is 0 Å². The average molecular weight is 253 g/mol. The third-order valence-corrected chi connectivity index (χ3v) is 2.22. The first-order chi connectivity index (χ1) is 7.00. The van der Waals surface area contributed by atoms with Crippen LogP contribution in [0.5, 0.6) is 0 Å². The van der Waals surface area contributed by atoms with Crippen LogP contribution < -0.4 is 0 Å². The van der Waals surface area contributed by atoms with Gasteiger partial charge in [-0.15, -0.1) is 0 Å². The van der Waals surface area contributed by atoms with Crippen molar-refractivity contribution in [2.24, 2.45) is 0 Å². The molecule has 2 aromatic heterocycles. The van der Waals surface area contributed by atoms with Crippen LogP contribution in [0.25, 0.3) is 10.9 Å². The molecular formula is C7HCl3FN3. The Hall–Kier alpha value is -0.710. The van der Waals surface area contributed by atoms with E-state index in [1.54, 1.807) is 0 Å². The van der Waals surface area contributed by atoms with Crippen molar-refractivity contribution in [2.75, 3.05) is 0 Å². The minimum absolute atomic E-state index is 0.0521. The quantitative estimate of drug-likeness (QED) is 0.411. The van der Waals surface area contributed by atoms with E-state index in [9.17, 15) is 4.39 Å². The molecule has 0 aromatic carbocycles. The number of aromatic nitrogens is 3. The second-order valence-electron chi connectivity index (χ2n) is 2.34. The maximum Gasteiger partial charge on any atom is 0.224 e. The van der Waals surface area contributed by atoms with Crippen molar-refractivity contribution >= 4 is 45.7 Å². The number of nitrogens with zero attached hydrogens (tertiary/aromatic N) is 3. The van der Waals surface area contributed by atoms with E-state index in [0.29, 0.717) is 0 Å². The van der Waals surface area contributed by atoms with Crippen molar-refractivity contribution in [2.45, 2.75) is 0 Å². The standard InChI is InChI=1S/C7HCl3FN3/c8-5-3-4(2(11)1-12-5)13-7(10)14-6(3)9/h1H/i1D. The molecule has 0 fully saturated rings. The molecule has 0 saturated heterocycles. The predicted octanol–water partition coefficient (Wildman–Crippen LogP) is 3.12. The number of pyridine rings is 1. The van der Waals surface area contributed by atoms with E-state index in [1.807, 2.05) is 0 Å². The molecule has 0 spiro atoms. The van der Waals surface area contributed by atoms with Crippen molar-refractivity contribution in [3.8, 4) is 0 Å². The van der Waals surface area contributed by atoms with E-state index in [0.717, 1.165) is 0 Å². The lowest BCUT2D eigenvalue weighted by molar-refractivity contribution is 0.630. The maximum absolute atomic E-state index is 13.4. The Morgan fingerprint density at radius 2 is 1.93 bits per heavy atom. The third-order valence-electron chi connectivity index (χ3n) is 1.50. The normalized spacial score (nSPS) is 11.9. The van der Waals surface area contributed by atoms with Crippen LogP contribution in [0.3, 0.4) is 0 Å². The van der Waals surface area contributed by atoms with Gasteiger partial charge >= 0.3 is 0 Å². The van der Waals surface area contributed by atoms with Gasteiger partial charge in [-0.25, -0.2) is 19.3 Å². The lowest BCUT2D eigenvalue weighted by atomic mass is 10.3.